The zero-order valence-corrected chi connectivity index (χ0v) is 69.3. The summed E-state index contributed by atoms with van der Waals surface area (Å²) < 4.78 is 6.29. The first-order chi connectivity index (χ1) is 53.4. The van der Waals surface area contributed by atoms with Gasteiger partial charge in [0.1, 0.15) is 11.5 Å². The lowest BCUT2D eigenvalue weighted by Crippen LogP contribution is -2.35. The molecule has 13 heteroatoms. The molecule has 608 valence electrons. The minimum Gasteiger partial charge on any atom is -0.457 e. The number of hydrogen-bond donors (Lipinski definition) is 0. The van der Waals surface area contributed by atoms with Crippen molar-refractivity contribution in [2.75, 3.05) is 26.2 Å². The molecular formula is C96H150N4O9. The lowest BCUT2D eigenvalue weighted by atomic mass is 9.61. The summed E-state index contributed by atoms with van der Waals surface area (Å²) in [4.78, 5) is 109. The van der Waals surface area contributed by atoms with E-state index in [0.717, 1.165) is 124 Å². The minimum absolute atomic E-state index is 0.170. The first-order valence-electron chi connectivity index (χ1n) is 46.1. The Hall–Kier alpha value is -5.72. The fourth-order valence-corrected chi connectivity index (χ4v) is 20.3. The molecule has 109 heavy (non-hydrogen) atoms. The topological polar surface area (TPSA) is 159 Å². The molecule has 0 spiro atoms. The Morgan fingerprint density at radius 3 is 0.725 bits per heavy atom. The highest BCUT2D eigenvalue weighted by atomic mass is 16.5. The van der Waals surface area contributed by atoms with Gasteiger partial charge in [0.25, 0.3) is 47.3 Å². The molecule has 2 fully saturated rings. The number of amides is 8. The summed E-state index contributed by atoms with van der Waals surface area (Å²) in [6.07, 6.45) is 76.1. The zero-order chi connectivity index (χ0) is 77.2. The van der Waals surface area contributed by atoms with Gasteiger partial charge in [-0.2, -0.15) is 0 Å². The van der Waals surface area contributed by atoms with Gasteiger partial charge in [-0.15, -0.1) is 0 Å². The summed E-state index contributed by atoms with van der Waals surface area (Å²) in [5.74, 6) is 5.72. The third kappa shape index (κ3) is 29.0. The van der Waals surface area contributed by atoms with E-state index in [0.29, 0.717) is 59.9 Å². The molecule has 8 amide bonds. The van der Waals surface area contributed by atoms with Crippen molar-refractivity contribution in [3.05, 3.63) is 83.0 Å². The van der Waals surface area contributed by atoms with E-state index in [1.807, 2.05) is 0 Å². The van der Waals surface area contributed by atoms with Crippen LogP contribution in [0.1, 0.15) is 429 Å². The van der Waals surface area contributed by atoms with Gasteiger partial charge in [0.05, 0.1) is 22.3 Å². The fraction of sp³-hybridized carbons (Fsp3) is 0.750. The normalized spacial score (nSPS) is 21.3. The first kappa shape index (κ1) is 88.8. The lowest BCUT2D eigenvalue weighted by molar-refractivity contribution is -0.138. The largest absolute Gasteiger partial charge is 0.457 e. The van der Waals surface area contributed by atoms with Crippen LogP contribution in [0.5, 0.6) is 11.5 Å². The predicted octanol–water partition coefficient (Wildman–Crippen LogP) is 25.4. The summed E-state index contributed by atoms with van der Waals surface area (Å²) in [5.41, 5.74) is 1.45. The van der Waals surface area contributed by atoms with E-state index < -0.39 is 0 Å². The van der Waals surface area contributed by atoms with Crippen molar-refractivity contribution < 1.29 is 43.1 Å². The Bertz CT molecular complexity index is 3100. The van der Waals surface area contributed by atoms with Gasteiger partial charge in [-0.3, -0.25) is 58.0 Å². The highest BCUT2D eigenvalue weighted by Gasteiger charge is 2.41. The fourth-order valence-electron chi connectivity index (χ4n) is 20.3. The molecule has 8 rings (SSSR count). The Balaban J connectivity index is 0.737. The molecule has 6 aliphatic rings. The zero-order valence-electron chi connectivity index (χ0n) is 69.3. The van der Waals surface area contributed by atoms with E-state index in [-0.39, 0.29) is 47.3 Å². The van der Waals surface area contributed by atoms with Gasteiger partial charge < -0.3 is 4.74 Å². The maximum absolute atomic E-state index is 13.9. The molecule has 2 aromatic rings. The van der Waals surface area contributed by atoms with Gasteiger partial charge >= 0.3 is 0 Å². The molecule has 8 atom stereocenters. The van der Waals surface area contributed by atoms with E-state index >= 15 is 0 Å². The maximum atomic E-state index is 13.9. The smallest absolute Gasteiger partial charge is 0.261 e. The van der Waals surface area contributed by atoms with Crippen molar-refractivity contribution in [1.29, 1.82) is 0 Å². The molecular weight excluding hydrogens is 1350 g/mol. The van der Waals surface area contributed by atoms with Crippen LogP contribution in [-0.4, -0.2) is 93.0 Å². The second-order valence-corrected chi connectivity index (χ2v) is 34.7. The molecule has 2 aliphatic carbocycles. The van der Waals surface area contributed by atoms with Gasteiger partial charge in [0.15, 0.2) is 0 Å². The van der Waals surface area contributed by atoms with Crippen LogP contribution in [0.15, 0.2) is 60.7 Å². The number of benzene rings is 2. The standard InChI is InChI=1S/C96H150N4O9/c1-5-9-13-17-29-41-53-81-75(49-37-15-11-7-3)58-60-78(83(81)55-43-31-21-25-34-46-70-98-91(103)67-68-92(98)104)52-40-28-20-24-35-47-71-99-93(105)85-63-61-79(73-87(85)95(99)107)109-80-62-64-86-88(74-80)96(108)100(94(86)106)72-48-36-26-22-32-44-56-84-77(51-39-27-19-23-33-45-69-97-89(101)65-66-90(97)102)59-57-76(50-38-16-12-8-4)82(84)54-42-30-18-14-10-6-2/h61-68,73-78,81-84H,5-60,69-72H2,1-4H3. The Labute approximate surface area is 661 Å². The van der Waals surface area contributed by atoms with Crippen LogP contribution in [0, 0.1) is 47.3 Å². The van der Waals surface area contributed by atoms with Crippen molar-refractivity contribution in [2.45, 2.75) is 387 Å². The summed E-state index contributed by atoms with van der Waals surface area (Å²) in [7, 11) is 0. The highest BCUT2D eigenvalue weighted by molar-refractivity contribution is 6.22. The number of nitrogens with zero attached hydrogens (tertiary/aromatic N) is 4. The Morgan fingerprint density at radius 2 is 0.459 bits per heavy atom. The molecule has 0 N–H and O–H groups in total. The minimum atomic E-state index is -0.294. The average molecular weight is 1500 g/mol. The van der Waals surface area contributed by atoms with Crippen LogP contribution in [0.3, 0.4) is 0 Å². The van der Waals surface area contributed by atoms with Gasteiger partial charge in [-0.05, 0) is 161 Å². The van der Waals surface area contributed by atoms with Crippen molar-refractivity contribution in [3.63, 3.8) is 0 Å². The first-order valence-corrected chi connectivity index (χ1v) is 46.1. The van der Waals surface area contributed by atoms with E-state index in [2.05, 4.69) is 27.7 Å². The van der Waals surface area contributed by atoms with Crippen molar-refractivity contribution in [3.8, 4) is 11.5 Å². The third-order valence-corrected chi connectivity index (χ3v) is 26.7. The molecule has 0 saturated heterocycles. The molecule has 4 aliphatic heterocycles. The van der Waals surface area contributed by atoms with Crippen LogP contribution in [-0.2, 0) is 19.2 Å². The van der Waals surface area contributed by atoms with Crippen molar-refractivity contribution >= 4 is 47.3 Å². The number of hydrogen-bond acceptors (Lipinski definition) is 9. The van der Waals surface area contributed by atoms with E-state index in [1.165, 1.54) is 326 Å². The Kier molecular flexibility index (Phi) is 41.7. The number of fused-ring (bicyclic) bond motifs is 2. The van der Waals surface area contributed by atoms with Gasteiger partial charge in [0, 0.05) is 50.5 Å². The highest BCUT2D eigenvalue weighted by Crippen LogP contribution is 2.50. The van der Waals surface area contributed by atoms with Crippen molar-refractivity contribution in [2.24, 2.45) is 47.3 Å². The summed E-state index contributed by atoms with van der Waals surface area (Å²) in [5, 5.41) is 0. The van der Waals surface area contributed by atoms with Crippen LogP contribution in [0.4, 0.5) is 0 Å². The van der Waals surface area contributed by atoms with E-state index in [4.69, 9.17) is 4.74 Å². The van der Waals surface area contributed by atoms with E-state index in [9.17, 15) is 38.4 Å². The predicted molar refractivity (Wildman–Crippen MR) is 445 cm³/mol. The molecule has 13 nitrogen and oxygen atoms in total. The van der Waals surface area contributed by atoms with Gasteiger partial charge in [-0.1, -0.05) is 310 Å². The van der Waals surface area contributed by atoms with Crippen LogP contribution in [0.25, 0.3) is 0 Å². The Morgan fingerprint density at radius 1 is 0.248 bits per heavy atom. The molecule has 0 radical (unpaired) electrons. The number of unbranched alkanes of at least 4 members (excludes halogenated alkanes) is 36. The number of ether oxygens (including phenoxy) is 1. The monoisotopic (exact) mass is 1500 g/mol. The number of carbonyl (C=O) groups is 8. The number of imide groups is 4. The molecule has 4 heterocycles. The van der Waals surface area contributed by atoms with Gasteiger partial charge in [-0.25, -0.2) is 0 Å². The second-order valence-electron chi connectivity index (χ2n) is 34.7. The molecule has 0 aromatic heterocycles. The SMILES string of the molecule is CCCCCCCCC1C(CCCCCC)CCC(CCCCCCCCN2C(=O)c3ccc(Oc4ccc5c(c4)C(=O)N(CCCCCCCCC4C(CCCCCCCCN6C(=O)C=CC6=O)CCC(CCCCCC)C4CCCCCCCC)C5=O)cc3C2=O)C1CCCCCCCCN1C(=O)C=CC1=O. The van der Waals surface area contributed by atoms with Crippen molar-refractivity contribution in [1.82, 2.24) is 19.6 Å². The maximum Gasteiger partial charge on any atom is 0.261 e. The number of rotatable bonds is 62. The quantitative estimate of drug-likeness (QED) is 0.0464. The summed E-state index contributed by atoms with van der Waals surface area (Å²) in [6, 6.07) is 10.1. The van der Waals surface area contributed by atoms with E-state index in [1.54, 1.807) is 36.4 Å². The second kappa shape index (κ2) is 51.1. The summed E-state index contributed by atoms with van der Waals surface area (Å²) in [6.45, 7) is 11.1. The molecule has 8 unspecified atom stereocenters. The lowest BCUT2D eigenvalue weighted by Gasteiger charge is -2.44. The molecule has 2 aromatic carbocycles. The summed E-state index contributed by atoms with van der Waals surface area (Å²) >= 11 is 0. The van der Waals surface area contributed by atoms with Crippen LogP contribution < -0.4 is 4.74 Å². The molecule has 2 saturated carbocycles. The van der Waals surface area contributed by atoms with Crippen LogP contribution in [0.2, 0.25) is 0 Å². The van der Waals surface area contributed by atoms with Crippen LogP contribution >= 0.6 is 0 Å². The third-order valence-electron chi connectivity index (χ3n) is 26.7. The number of carbonyl (C=O) groups excluding carboxylic acids is 8. The average Bonchev–Trinajstić information content (AvgIpc) is 1.62. The molecule has 0 bridgehead atoms. The van der Waals surface area contributed by atoms with Gasteiger partial charge in [0.2, 0.25) is 0 Å².